The van der Waals surface area contributed by atoms with Crippen LogP contribution in [-0.2, 0) is 14.3 Å². The fraction of sp³-hybridized carbons (Fsp3) is 0.323. The molecule has 0 aromatic heterocycles. The van der Waals surface area contributed by atoms with Crippen LogP contribution in [0.5, 0.6) is 11.5 Å². The molecule has 0 amide bonds. The predicted molar refractivity (Wildman–Crippen MR) is 144 cm³/mol. The number of hydrogen-bond donors (Lipinski definition) is 0. The van der Waals surface area contributed by atoms with Crippen LogP contribution in [0, 0.1) is 11.7 Å². The maximum atomic E-state index is 14.5. The molecule has 39 heavy (non-hydrogen) atoms. The van der Waals surface area contributed by atoms with Crippen LogP contribution in [0.4, 0.5) is 4.39 Å². The second-order valence-electron chi connectivity index (χ2n) is 9.18. The van der Waals surface area contributed by atoms with Gasteiger partial charge in [-0.15, -0.1) is 0 Å². The second-order valence-corrected chi connectivity index (χ2v) is 9.18. The lowest BCUT2D eigenvalue weighted by Crippen LogP contribution is -2.26. The Hall–Kier alpha value is -4.04. The van der Waals surface area contributed by atoms with Gasteiger partial charge in [-0.25, -0.2) is 18.8 Å². The van der Waals surface area contributed by atoms with E-state index >= 15 is 0 Å². The van der Waals surface area contributed by atoms with E-state index in [4.69, 9.17) is 18.9 Å². The van der Waals surface area contributed by atoms with Gasteiger partial charge in [-0.1, -0.05) is 51.5 Å². The van der Waals surface area contributed by atoms with Gasteiger partial charge < -0.3 is 18.9 Å². The second kappa shape index (κ2) is 14.2. The van der Waals surface area contributed by atoms with E-state index in [2.05, 4.69) is 0 Å². The number of carbonyl (C=O) groups is 3. The molecule has 0 aliphatic carbocycles. The topological polar surface area (TPSA) is 88.1 Å². The number of halogens is 1. The van der Waals surface area contributed by atoms with Gasteiger partial charge >= 0.3 is 17.9 Å². The monoisotopic (exact) mass is 536 g/mol. The molecule has 0 saturated carbocycles. The number of rotatable bonds is 12. The lowest BCUT2D eigenvalue weighted by atomic mass is 10.0. The van der Waals surface area contributed by atoms with E-state index in [1.165, 1.54) is 12.1 Å². The standard InChI is InChI=1S/C31H33FO7/c1-5-17-36-21(4)29(33)38-25-13-11-23(12-14-25)22-7-9-24(10-8-22)30(34)39-26-15-16-27(28(32)18-26)31(35)37-19-20(3)6-2/h7-16,18,20-21H,5-6,17,19H2,1-4H3. The van der Waals surface area contributed by atoms with Gasteiger partial charge in [-0.2, -0.15) is 0 Å². The van der Waals surface area contributed by atoms with Crippen molar-refractivity contribution in [3.8, 4) is 22.6 Å². The quantitative estimate of drug-likeness (QED) is 0.189. The van der Waals surface area contributed by atoms with E-state index in [0.29, 0.717) is 12.4 Å². The van der Waals surface area contributed by atoms with Crippen molar-refractivity contribution in [2.24, 2.45) is 5.92 Å². The largest absolute Gasteiger partial charge is 0.462 e. The molecule has 0 bridgehead atoms. The Balaban J connectivity index is 1.59. The lowest BCUT2D eigenvalue weighted by Gasteiger charge is -2.12. The van der Waals surface area contributed by atoms with E-state index in [0.717, 1.165) is 30.0 Å². The van der Waals surface area contributed by atoms with Gasteiger partial charge in [-0.3, -0.25) is 0 Å². The summed E-state index contributed by atoms with van der Waals surface area (Å²) in [7, 11) is 0. The van der Waals surface area contributed by atoms with Crippen molar-refractivity contribution in [3.63, 3.8) is 0 Å². The summed E-state index contributed by atoms with van der Waals surface area (Å²) < 4.78 is 35.6. The molecule has 0 aliphatic heterocycles. The maximum absolute atomic E-state index is 14.5. The normalized spacial score (nSPS) is 12.3. The van der Waals surface area contributed by atoms with Crippen LogP contribution in [0.25, 0.3) is 11.1 Å². The minimum absolute atomic E-state index is 0.0281. The Morgan fingerprint density at radius 2 is 1.41 bits per heavy atom. The molecule has 0 spiro atoms. The van der Waals surface area contributed by atoms with E-state index in [1.807, 2.05) is 20.8 Å². The van der Waals surface area contributed by atoms with E-state index in [1.54, 1.807) is 55.5 Å². The average Bonchev–Trinajstić information content (AvgIpc) is 2.94. The van der Waals surface area contributed by atoms with Crippen LogP contribution in [0.15, 0.2) is 66.7 Å². The molecule has 7 nitrogen and oxygen atoms in total. The summed E-state index contributed by atoms with van der Waals surface area (Å²) in [6, 6.07) is 17.2. The average molecular weight is 537 g/mol. The number of carbonyl (C=O) groups excluding carboxylic acids is 3. The summed E-state index contributed by atoms with van der Waals surface area (Å²) in [5.74, 6) is -2.18. The highest BCUT2D eigenvalue weighted by Gasteiger charge is 2.18. The predicted octanol–water partition coefficient (Wildman–Crippen LogP) is 6.64. The third kappa shape index (κ3) is 8.48. The van der Waals surface area contributed by atoms with Gasteiger partial charge in [0.15, 0.2) is 6.10 Å². The van der Waals surface area contributed by atoms with E-state index < -0.39 is 29.8 Å². The number of ether oxygens (including phenoxy) is 4. The highest BCUT2D eigenvalue weighted by Crippen LogP contribution is 2.24. The number of esters is 3. The number of benzene rings is 3. The first-order valence-corrected chi connectivity index (χ1v) is 12.9. The van der Waals surface area contributed by atoms with Gasteiger partial charge in [-0.05, 0) is 66.8 Å². The van der Waals surface area contributed by atoms with Crippen LogP contribution in [0.2, 0.25) is 0 Å². The molecular weight excluding hydrogens is 503 g/mol. The van der Waals surface area contributed by atoms with Crippen molar-refractivity contribution < 1.29 is 37.7 Å². The maximum Gasteiger partial charge on any atom is 0.343 e. The van der Waals surface area contributed by atoms with Gasteiger partial charge in [0.05, 0.1) is 17.7 Å². The van der Waals surface area contributed by atoms with Crippen molar-refractivity contribution >= 4 is 17.9 Å². The van der Waals surface area contributed by atoms with Gasteiger partial charge in [0, 0.05) is 12.7 Å². The molecule has 3 rings (SSSR count). The van der Waals surface area contributed by atoms with Crippen molar-refractivity contribution in [1.82, 2.24) is 0 Å². The zero-order valence-electron chi connectivity index (χ0n) is 22.6. The van der Waals surface area contributed by atoms with Crippen LogP contribution < -0.4 is 9.47 Å². The van der Waals surface area contributed by atoms with Gasteiger partial charge in [0.2, 0.25) is 0 Å². The third-order valence-corrected chi connectivity index (χ3v) is 6.00. The van der Waals surface area contributed by atoms with Crippen molar-refractivity contribution in [2.75, 3.05) is 13.2 Å². The van der Waals surface area contributed by atoms with Crippen LogP contribution >= 0.6 is 0 Å². The molecule has 0 saturated heterocycles. The molecule has 0 heterocycles. The summed E-state index contributed by atoms with van der Waals surface area (Å²) in [5, 5.41) is 0. The molecule has 3 aromatic rings. The summed E-state index contributed by atoms with van der Waals surface area (Å²) in [6.07, 6.45) is 0.997. The molecule has 0 N–H and O–H groups in total. The fourth-order valence-corrected chi connectivity index (χ4v) is 3.38. The molecule has 8 heteroatoms. The molecular formula is C31H33FO7. The SMILES string of the molecule is CCCOC(C)C(=O)Oc1ccc(-c2ccc(C(=O)Oc3ccc(C(=O)OCC(C)CC)c(F)c3)cc2)cc1. The molecule has 0 fully saturated rings. The molecule has 0 aliphatic rings. The highest BCUT2D eigenvalue weighted by atomic mass is 19.1. The lowest BCUT2D eigenvalue weighted by molar-refractivity contribution is -0.146. The Kier molecular flexibility index (Phi) is 10.8. The third-order valence-electron chi connectivity index (χ3n) is 6.00. The zero-order chi connectivity index (χ0) is 28.4. The van der Waals surface area contributed by atoms with Crippen LogP contribution in [0.3, 0.4) is 0 Å². The van der Waals surface area contributed by atoms with Crippen LogP contribution in [0.1, 0.15) is 61.3 Å². The minimum Gasteiger partial charge on any atom is -0.462 e. The fourth-order valence-electron chi connectivity index (χ4n) is 3.38. The highest BCUT2D eigenvalue weighted by molar-refractivity contribution is 5.92. The van der Waals surface area contributed by atoms with Crippen molar-refractivity contribution in [2.45, 2.75) is 46.6 Å². The Labute approximate surface area is 227 Å². The molecule has 206 valence electrons. The van der Waals surface area contributed by atoms with Gasteiger partial charge in [0.25, 0.3) is 0 Å². The summed E-state index contributed by atoms with van der Waals surface area (Å²) in [6.45, 7) is 8.20. The van der Waals surface area contributed by atoms with E-state index in [-0.39, 0.29) is 29.4 Å². The molecule has 3 aromatic carbocycles. The Morgan fingerprint density at radius 3 is 2.00 bits per heavy atom. The summed E-state index contributed by atoms with van der Waals surface area (Å²) >= 11 is 0. The van der Waals surface area contributed by atoms with Crippen LogP contribution in [-0.4, -0.2) is 37.2 Å². The van der Waals surface area contributed by atoms with Crippen molar-refractivity contribution in [1.29, 1.82) is 0 Å². The minimum atomic E-state index is -0.832. The molecule has 2 atom stereocenters. The Morgan fingerprint density at radius 1 is 0.795 bits per heavy atom. The molecule has 0 radical (unpaired) electrons. The Bertz CT molecular complexity index is 1270. The van der Waals surface area contributed by atoms with E-state index in [9.17, 15) is 18.8 Å². The zero-order valence-corrected chi connectivity index (χ0v) is 22.6. The van der Waals surface area contributed by atoms with Crippen molar-refractivity contribution in [3.05, 3.63) is 83.7 Å². The molecule has 2 unspecified atom stereocenters. The summed E-state index contributed by atoms with van der Waals surface area (Å²) in [4.78, 5) is 36.8. The first-order chi connectivity index (χ1) is 18.7. The smallest absolute Gasteiger partial charge is 0.343 e. The summed E-state index contributed by atoms with van der Waals surface area (Å²) in [5.41, 5.74) is 1.73. The first kappa shape index (κ1) is 29.5. The van der Waals surface area contributed by atoms with Gasteiger partial charge in [0.1, 0.15) is 17.3 Å². The first-order valence-electron chi connectivity index (χ1n) is 12.9. The number of hydrogen-bond acceptors (Lipinski definition) is 7.